The highest BCUT2D eigenvalue weighted by Gasteiger charge is 2.49. The van der Waals surface area contributed by atoms with Crippen LogP contribution in [0, 0.1) is 0 Å². The van der Waals surface area contributed by atoms with Crippen LogP contribution in [0.15, 0.2) is 41.2 Å². The first-order valence-electron chi connectivity index (χ1n) is 10.8. The molecule has 6 nitrogen and oxygen atoms in total. The standard InChI is InChI=1S/C24H24N2O4S2/c1-4-24(30-14(3)32-31-5-2)18-11-20-21-16(10-15-8-6-7-9-19(15)25-21)12-26(20)22(27)17(18)13-29-23(24)28/h6-11,14H,4-5,12-13H2,1-3H3/t14?,24-/m0/s1. The number of hydrogen-bond acceptors (Lipinski definition) is 7. The second-order valence-corrected chi connectivity index (χ2v) is 10.9. The molecule has 3 aromatic rings. The molecule has 0 amide bonds. The van der Waals surface area contributed by atoms with Crippen molar-refractivity contribution in [3.63, 3.8) is 0 Å². The fourth-order valence-corrected chi connectivity index (χ4v) is 6.21. The number of aromatic nitrogens is 2. The third-order valence-electron chi connectivity index (χ3n) is 6.07. The van der Waals surface area contributed by atoms with E-state index in [2.05, 4.69) is 13.0 Å². The van der Waals surface area contributed by atoms with E-state index in [9.17, 15) is 9.59 Å². The summed E-state index contributed by atoms with van der Waals surface area (Å²) in [6.45, 7) is 6.32. The van der Waals surface area contributed by atoms with Gasteiger partial charge in [0.15, 0.2) is 5.60 Å². The molecule has 1 aromatic carbocycles. The maximum atomic E-state index is 13.5. The average Bonchev–Trinajstić information content (AvgIpc) is 3.16. The number of rotatable bonds is 6. The summed E-state index contributed by atoms with van der Waals surface area (Å²) in [7, 11) is 3.25. The van der Waals surface area contributed by atoms with Gasteiger partial charge in [-0.2, -0.15) is 0 Å². The molecule has 0 N–H and O–H groups in total. The Bertz CT molecular complexity index is 1290. The number of carbonyl (C=O) groups is 1. The fraction of sp³-hybridized carbons (Fsp3) is 0.375. The molecule has 2 atom stereocenters. The molecular weight excluding hydrogens is 444 g/mol. The van der Waals surface area contributed by atoms with Gasteiger partial charge in [0.2, 0.25) is 0 Å². The van der Waals surface area contributed by atoms with Gasteiger partial charge in [-0.3, -0.25) is 4.79 Å². The van der Waals surface area contributed by atoms with Gasteiger partial charge in [0.05, 0.1) is 29.0 Å². The van der Waals surface area contributed by atoms with E-state index in [-0.39, 0.29) is 17.6 Å². The molecule has 0 bridgehead atoms. The van der Waals surface area contributed by atoms with Crippen molar-refractivity contribution in [2.75, 3.05) is 5.75 Å². The van der Waals surface area contributed by atoms with Crippen molar-refractivity contribution in [1.82, 2.24) is 9.55 Å². The number of para-hydroxylation sites is 1. The number of hydrogen-bond donors (Lipinski definition) is 0. The van der Waals surface area contributed by atoms with Crippen molar-refractivity contribution in [2.24, 2.45) is 0 Å². The van der Waals surface area contributed by atoms with Crippen LogP contribution in [0.25, 0.3) is 22.3 Å². The normalized spacial score (nSPS) is 19.9. The summed E-state index contributed by atoms with van der Waals surface area (Å²) in [4.78, 5) is 31.4. The third kappa shape index (κ3) is 3.27. The smallest absolute Gasteiger partial charge is 0.343 e. The Morgan fingerprint density at radius 3 is 2.84 bits per heavy atom. The minimum absolute atomic E-state index is 0.0324. The first kappa shape index (κ1) is 21.6. The monoisotopic (exact) mass is 468 g/mol. The van der Waals surface area contributed by atoms with Gasteiger partial charge in [-0.1, -0.05) is 53.6 Å². The van der Waals surface area contributed by atoms with E-state index in [4.69, 9.17) is 14.5 Å². The lowest BCUT2D eigenvalue weighted by molar-refractivity contribution is -0.182. The zero-order chi connectivity index (χ0) is 22.5. The van der Waals surface area contributed by atoms with Crippen LogP contribution in [-0.2, 0) is 33.0 Å². The molecule has 166 valence electrons. The molecule has 2 aliphatic rings. The Labute approximate surface area is 194 Å². The predicted octanol–water partition coefficient (Wildman–Crippen LogP) is 4.85. The van der Waals surface area contributed by atoms with Crippen molar-refractivity contribution in [2.45, 2.75) is 51.4 Å². The fourth-order valence-electron chi connectivity index (χ4n) is 4.58. The summed E-state index contributed by atoms with van der Waals surface area (Å²) >= 11 is 0. The molecule has 0 fully saturated rings. The van der Waals surface area contributed by atoms with Gasteiger partial charge in [0.1, 0.15) is 12.0 Å². The maximum Gasteiger partial charge on any atom is 0.343 e. The molecule has 0 saturated heterocycles. The highest BCUT2D eigenvalue weighted by Crippen LogP contribution is 2.43. The lowest BCUT2D eigenvalue weighted by Crippen LogP contribution is -2.47. The maximum absolute atomic E-state index is 13.5. The number of cyclic esters (lactones) is 1. The summed E-state index contributed by atoms with van der Waals surface area (Å²) in [6.07, 6.45) is 0.376. The van der Waals surface area contributed by atoms with Gasteiger partial charge in [-0.05, 0) is 31.5 Å². The number of ether oxygens (including phenoxy) is 2. The van der Waals surface area contributed by atoms with E-state index in [1.54, 1.807) is 26.2 Å². The van der Waals surface area contributed by atoms with E-state index < -0.39 is 11.6 Å². The Morgan fingerprint density at radius 2 is 2.06 bits per heavy atom. The molecule has 0 radical (unpaired) electrons. The number of benzene rings is 1. The van der Waals surface area contributed by atoms with Crippen molar-refractivity contribution < 1.29 is 14.3 Å². The SMILES string of the molecule is CCSSC(C)O[C@]1(CC)C(=O)OCc2c1cc1n(c2=O)Cc2cc3ccccc3nc2-1. The predicted molar refractivity (Wildman–Crippen MR) is 129 cm³/mol. The van der Waals surface area contributed by atoms with E-state index >= 15 is 0 Å². The second kappa shape index (κ2) is 8.24. The Hall–Kier alpha value is -2.29. The number of pyridine rings is 2. The van der Waals surface area contributed by atoms with Gasteiger partial charge in [0, 0.05) is 22.3 Å². The molecule has 8 heteroatoms. The van der Waals surface area contributed by atoms with Crippen LogP contribution in [0.2, 0.25) is 0 Å². The number of carbonyl (C=O) groups excluding carboxylic acids is 1. The average molecular weight is 469 g/mol. The zero-order valence-electron chi connectivity index (χ0n) is 18.2. The Kier molecular flexibility index (Phi) is 5.55. The van der Waals surface area contributed by atoms with Crippen LogP contribution in [0.5, 0.6) is 0 Å². The van der Waals surface area contributed by atoms with Crippen LogP contribution in [0.4, 0.5) is 0 Å². The number of fused-ring (bicyclic) bond motifs is 5. The quantitative estimate of drug-likeness (QED) is 0.228. The van der Waals surface area contributed by atoms with E-state index in [1.165, 1.54) is 0 Å². The van der Waals surface area contributed by atoms with E-state index in [0.29, 0.717) is 24.1 Å². The largest absolute Gasteiger partial charge is 0.458 e. The minimum atomic E-state index is -1.30. The summed E-state index contributed by atoms with van der Waals surface area (Å²) < 4.78 is 13.6. The molecule has 2 aromatic heterocycles. The zero-order valence-corrected chi connectivity index (χ0v) is 19.8. The minimum Gasteiger partial charge on any atom is -0.458 e. The summed E-state index contributed by atoms with van der Waals surface area (Å²) in [5.74, 6) is 0.500. The molecule has 0 aliphatic carbocycles. The molecular formula is C24H24N2O4S2. The third-order valence-corrected chi connectivity index (χ3v) is 8.74. The molecule has 1 unspecified atom stereocenters. The van der Waals surface area contributed by atoms with Gasteiger partial charge in [-0.15, -0.1) is 0 Å². The van der Waals surface area contributed by atoms with E-state index in [0.717, 1.165) is 33.6 Å². The van der Waals surface area contributed by atoms with Gasteiger partial charge < -0.3 is 14.0 Å². The van der Waals surface area contributed by atoms with Crippen molar-refractivity contribution in [1.29, 1.82) is 0 Å². The first-order chi connectivity index (χ1) is 15.5. The molecule has 32 heavy (non-hydrogen) atoms. The number of nitrogens with zero attached hydrogens (tertiary/aromatic N) is 2. The van der Waals surface area contributed by atoms with Crippen LogP contribution < -0.4 is 5.56 Å². The molecule has 0 saturated carbocycles. The Morgan fingerprint density at radius 1 is 1.25 bits per heavy atom. The van der Waals surface area contributed by atoms with Crippen molar-refractivity contribution in [3.8, 4) is 11.4 Å². The Balaban J connectivity index is 1.68. The van der Waals surface area contributed by atoms with Crippen molar-refractivity contribution >= 4 is 38.5 Å². The van der Waals surface area contributed by atoms with Crippen LogP contribution >= 0.6 is 21.6 Å². The van der Waals surface area contributed by atoms with Crippen molar-refractivity contribution in [3.05, 3.63) is 63.4 Å². The van der Waals surface area contributed by atoms with Gasteiger partial charge in [-0.25, -0.2) is 9.78 Å². The highest BCUT2D eigenvalue weighted by molar-refractivity contribution is 8.76. The second-order valence-electron chi connectivity index (χ2n) is 7.95. The van der Waals surface area contributed by atoms with Crippen LogP contribution in [0.1, 0.15) is 43.9 Å². The van der Waals surface area contributed by atoms with E-state index in [1.807, 2.05) is 44.2 Å². The molecule has 5 rings (SSSR count). The summed E-state index contributed by atoms with van der Waals surface area (Å²) in [5.41, 5.74) is 2.82. The molecule has 2 aliphatic heterocycles. The molecule has 4 heterocycles. The lowest BCUT2D eigenvalue weighted by atomic mass is 9.85. The highest BCUT2D eigenvalue weighted by atomic mass is 33.1. The summed E-state index contributed by atoms with van der Waals surface area (Å²) in [6, 6.07) is 11.9. The van der Waals surface area contributed by atoms with Crippen LogP contribution in [-0.4, -0.2) is 26.7 Å². The summed E-state index contributed by atoms with van der Waals surface area (Å²) in [5, 5.41) is 1.04. The van der Waals surface area contributed by atoms with Gasteiger partial charge in [0.25, 0.3) is 5.56 Å². The number of esters is 1. The van der Waals surface area contributed by atoms with Gasteiger partial charge >= 0.3 is 5.97 Å². The molecule has 0 spiro atoms. The van der Waals surface area contributed by atoms with Crippen LogP contribution in [0.3, 0.4) is 0 Å². The topological polar surface area (TPSA) is 70.4 Å². The first-order valence-corrected chi connectivity index (χ1v) is 13.2. The lowest BCUT2D eigenvalue weighted by Gasteiger charge is -2.37.